The number of halogens is 1. The first-order valence-corrected chi connectivity index (χ1v) is 10.3. The molecule has 1 fully saturated rings. The van der Waals surface area contributed by atoms with E-state index in [1.54, 1.807) is 34.9 Å². The zero-order chi connectivity index (χ0) is 17.8. The maximum absolute atomic E-state index is 14.4. The highest BCUT2D eigenvalue weighted by atomic mass is 32.1. The number of hydrogen-bond donors (Lipinski definition) is 1. The molecule has 0 aliphatic carbocycles. The summed E-state index contributed by atoms with van der Waals surface area (Å²) < 4.78 is 19.7. The lowest BCUT2D eigenvalue weighted by atomic mass is 10.2. The summed E-state index contributed by atoms with van der Waals surface area (Å²) in [4.78, 5) is 10.9. The minimum atomic E-state index is -0.278. The zero-order valence-corrected chi connectivity index (χ0v) is 15.8. The maximum atomic E-state index is 14.4. The van der Waals surface area contributed by atoms with Crippen LogP contribution in [0.25, 0.3) is 10.6 Å². The van der Waals surface area contributed by atoms with Gasteiger partial charge in [-0.1, -0.05) is 0 Å². The van der Waals surface area contributed by atoms with Gasteiger partial charge in [0.1, 0.15) is 5.01 Å². The number of morpholine rings is 1. The molecule has 4 heterocycles. The van der Waals surface area contributed by atoms with Gasteiger partial charge >= 0.3 is 0 Å². The van der Waals surface area contributed by atoms with Crippen LogP contribution in [0.1, 0.15) is 11.3 Å². The first-order valence-electron chi connectivity index (χ1n) is 8.44. The van der Waals surface area contributed by atoms with E-state index in [1.807, 2.05) is 4.90 Å². The van der Waals surface area contributed by atoms with Crippen molar-refractivity contribution in [3.8, 4) is 10.6 Å². The third kappa shape index (κ3) is 4.09. The molecule has 3 aromatic heterocycles. The van der Waals surface area contributed by atoms with E-state index in [0.717, 1.165) is 21.8 Å². The molecule has 8 heteroatoms. The van der Waals surface area contributed by atoms with E-state index in [0.29, 0.717) is 45.2 Å². The van der Waals surface area contributed by atoms with Gasteiger partial charge in [0.05, 0.1) is 18.9 Å². The van der Waals surface area contributed by atoms with Crippen LogP contribution in [0.4, 0.5) is 10.2 Å². The minimum absolute atomic E-state index is 0.278. The lowest BCUT2D eigenvalue weighted by Gasteiger charge is -2.28. The van der Waals surface area contributed by atoms with Crippen molar-refractivity contribution in [3.05, 3.63) is 51.5 Å². The van der Waals surface area contributed by atoms with Gasteiger partial charge in [0.15, 0.2) is 11.6 Å². The highest BCUT2D eigenvalue weighted by Crippen LogP contribution is 2.25. The molecule has 0 atom stereocenters. The second kappa shape index (κ2) is 8.22. The molecule has 136 valence electrons. The van der Waals surface area contributed by atoms with Gasteiger partial charge in [-0.3, -0.25) is 0 Å². The Balaban J connectivity index is 1.32. The highest BCUT2D eigenvalue weighted by molar-refractivity contribution is 7.14. The highest BCUT2D eigenvalue weighted by Gasteiger charge is 2.16. The Hall–Kier alpha value is -1.87. The number of aromatic nitrogens is 2. The fourth-order valence-corrected chi connectivity index (χ4v) is 4.35. The standard InChI is InChI=1S/C18H19FN4OS2/c19-16-7-13(9-21-17(16)23-2-4-24-5-3-23)8-20-10-15-12-26-18(22-15)14-1-6-25-11-14/h1,6-7,9,11-12,20H,2-5,8,10H2. The third-order valence-corrected chi connectivity index (χ3v) is 5.77. The molecule has 1 N–H and O–H groups in total. The average molecular weight is 391 g/mol. The lowest BCUT2D eigenvalue weighted by molar-refractivity contribution is 0.122. The molecule has 3 aromatic rings. The normalized spacial score (nSPS) is 14.7. The monoisotopic (exact) mass is 390 g/mol. The number of thiophene rings is 1. The molecule has 1 saturated heterocycles. The number of ether oxygens (including phenoxy) is 1. The van der Waals surface area contributed by atoms with Crippen molar-refractivity contribution in [3.63, 3.8) is 0 Å². The fourth-order valence-electron chi connectivity index (χ4n) is 2.82. The van der Waals surface area contributed by atoms with Gasteiger partial charge in [-0.05, 0) is 23.1 Å². The Morgan fingerprint density at radius 3 is 2.88 bits per heavy atom. The third-order valence-electron chi connectivity index (χ3n) is 4.14. The molecule has 0 saturated carbocycles. The fraction of sp³-hybridized carbons (Fsp3) is 0.333. The van der Waals surface area contributed by atoms with E-state index in [9.17, 15) is 4.39 Å². The van der Waals surface area contributed by atoms with Crippen LogP contribution in [-0.4, -0.2) is 36.3 Å². The van der Waals surface area contributed by atoms with Gasteiger partial charge in [-0.15, -0.1) is 11.3 Å². The molecular formula is C18H19FN4OS2. The predicted molar refractivity (Wildman–Crippen MR) is 103 cm³/mol. The van der Waals surface area contributed by atoms with E-state index in [4.69, 9.17) is 4.74 Å². The van der Waals surface area contributed by atoms with E-state index >= 15 is 0 Å². The minimum Gasteiger partial charge on any atom is -0.378 e. The van der Waals surface area contributed by atoms with Gasteiger partial charge in [0.2, 0.25) is 0 Å². The molecule has 0 spiro atoms. The molecule has 26 heavy (non-hydrogen) atoms. The quantitative estimate of drug-likeness (QED) is 0.698. The van der Waals surface area contributed by atoms with E-state index in [2.05, 4.69) is 37.5 Å². The van der Waals surface area contributed by atoms with Gasteiger partial charge in [-0.2, -0.15) is 11.3 Å². The molecule has 0 aromatic carbocycles. The smallest absolute Gasteiger partial charge is 0.165 e. The van der Waals surface area contributed by atoms with Crippen molar-refractivity contribution >= 4 is 28.5 Å². The van der Waals surface area contributed by atoms with Crippen molar-refractivity contribution in [2.24, 2.45) is 0 Å². The summed E-state index contributed by atoms with van der Waals surface area (Å²) in [5.74, 6) is 0.136. The van der Waals surface area contributed by atoms with Gasteiger partial charge in [0, 0.05) is 48.7 Å². The van der Waals surface area contributed by atoms with Crippen LogP contribution in [0.3, 0.4) is 0 Å². The summed E-state index contributed by atoms with van der Waals surface area (Å²) in [5, 5.41) is 10.5. The zero-order valence-electron chi connectivity index (χ0n) is 14.2. The van der Waals surface area contributed by atoms with E-state index in [1.165, 1.54) is 0 Å². The van der Waals surface area contributed by atoms with E-state index < -0.39 is 0 Å². The van der Waals surface area contributed by atoms with Crippen LogP contribution in [0.15, 0.2) is 34.5 Å². The topological polar surface area (TPSA) is 50.3 Å². The first-order chi connectivity index (χ1) is 12.8. The summed E-state index contributed by atoms with van der Waals surface area (Å²) in [7, 11) is 0. The predicted octanol–water partition coefficient (Wildman–Crippen LogP) is 3.53. The van der Waals surface area contributed by atoms with Gasteiger partial charge < -0.3 is 15.0 Å². The second-order valence-corrected chi connectivity index (χ2v) is 7.65. The number of nitrogens with zero attached hydrogens (tertiary/aromatic N) is 3. The van der Waals surface area contributed by atoms with Crippen molar-refractivity contribution < 1.29 is 9.13 Å². The second-order valence-electron chi connectivity index (χ2n) is 6.01. The number of pyridine rings is 1. The Bertz CT molecular complexity index is 847. The molecular weight excluding hydrogens is 371 g/mol. The Morgan fingerprint density at radius 2 is 2.12 bits per heavy atom. The summed E-state index contributed by atoms with van der Waals surface area (Å²) in [6, 6.07) is 3.63. The summed E-state index contributed by atoms with van der Waals surface area (Å²) in [6.07, 6.45) is 1.73. The van der Waals surface area contributed by atoms with Crippen molar-refractivity contribution in [2.45, 2.75) is 13.1 Å². The number of thiazole rings is 1. The van der Waals surface area contributed by atoms with Crippen LogP contribution in [-0.2, 0) is 17.8 Å². The number of rotatable bonds is 6. The Labute approximate surface area is 159 Å². The Morgan fingerprint density at radius 1 is 1.23 bits per heavy atom. The summed E-state index contributed by atoms with van der Waals surface area (Å²) >= 11 is 3.31. The van der Waals surface area contributed by atoms with Crippen LogP contribution < -0.4 is 10.2 Å². The number of nitrogens with one attached hydrogen (secondary N) is 1. The first kappa shape index (κ1) is 17.5. The summed E-state index contributed by atoms with van der Waals surface area (Å²) in [5.41, 5.74) is 2.98. The molecule has 0 amide bonds. The molecule has 5 nitrogen and oxygen atoms in total. The largest absolute Gasteiger partial charge is 0.378 e. The number of anilines is 1. The van der Waals surface area contributed by atoms with Crippen molar-refractivity contribution in [1.82, 2.24) is 15.3 Å². The summed E-state index contributed by atoms with van der Waals surface area (Å²) in [6.45, 7) is 3.79. The van der Waals surface area contributed by atoms with Crippen LogP contribution in [0.5, 0.6) is 0 Å². The molecule has 0 bridgehead atoms. The van der Waals surface area contributed by atoms with Crippen LogP contribution in [0.2, 0.25) is 0 Å². The maximum Gasteiger partial charge on any atom is 0.165 e. The molecule has 1 aliphatic heterocycles. The SMILES string of the molecule is Fc1cc(CNCc2csc(-c3ccsc3)n2)cnc1N1CCOCC1. The van der Waals surface area contributed by atoms with E-state index in [-0.39, 0.29) is 5.82 Å². The van der Waals surface area contributed by atoms with Gasteiger partial charge in [-0.25, -0.2) is 14.4 Å². The molecule has 1 aliphatic rings. The molecule has 4 rings (SSSR count). The Kier molecular flexibility index (Phi) is 5.54. The van der Waals surface area contributed by atoms with Crippen LogP contribution in [0, 0.1) is 5.82 Å². The molecule has 0 unspecified atom stereocenters. The lowest BCUT2D eigenvalue weighted by Crippen LogP contribution is -2.37. The van der Waals surface area contributed by atoms with Gasteiger partial charge in [0.25, 0.3) is 0 Å². The average Bonchev–Trinajstić information content (AvgIpc) is 3.34. The van der Waals surface area contributed by atoms with Crippen molar-refractivity contribution in [1.29, 1.82) is 0 Å². The molecule has 0 radical (unpaired) electrons. The number of hydrogen-bond acceptors (Lipinski definition) is 7. The van der Waals surface area contributed by atoms with Crippen LogP contribution >= 0.6 is 22.7 Å². The van der Waals surface area contributed by atoms with Crippen molar-refractivity contribution in [2.75, 3.05) is 31.2 Å².